The number of ether oxygens (including phenoxy) is 1. The van der Waals surface area contributed by atoms with Crippen LogP contribution in [0.3, 0.4) is 0 Å². The number of rotatable bonds is 4. The third-order valence-electron chi connectivity index (χ3n) is 2.63. The Bertz CT molecular complexity index is 570. The fourth-order valence-electron chi connectivity index (χ4n) is 1.55. The fraction of sp³-hybridized carbons (Fsp3) is 0.143. The van der Waals surface area contributed by atoms with Gasteiger partial charge in [0.2, 0.25) is 0 Å². The molecule has 0 heterocycles. The highest BCUT2D eigenvalue weighted by molar-refractivity contribution is 9.10. The van der Waals surface area contributed by atoms with Crippen LogP contribution < -0.4 is 4.74 Å². The van der Waals surface area contributed by atoms with Crippen molar-refractivity contribution in [2.45, 2.75) is 13.2 Å². The predicted molar refractivity (Wildman–Crippen MR) is 70.8 cm³/mol. The first-order chi connectivity index (χ1) is 9.11. The third-order valence-corrected chi connectivity index (χ3v) is 3.24. The monoisotopic (exact) mass is 328 g/mol. The molecule has 100 valence electrons. The van der Waals surface area contributed by atoms with Crippen molar-refractivity contribution in [3.05, 3.63) is 63.6 Å². The van der Waals surface area contributed by atoms with Crippen LogP contribution in [0.2, 0.25) is 0 Å². The number of benzene rings is 2. The molecule has 0 aromatic heterocycles. The van der Waals surface area contributed by atoms with Crippen LogP contribution in [0, 0.1) is 11.6 Å². The predicted octanol–water partition coefficient (Wildman–Crippen LogP) is 3.80. The van der Waals surface area contributed by atoms with Crippen LogP contribution in [0.25, 0.3) is 0 Å². The smallest absolute Gasteiger partial charge is 0.146 e. The topological polar surface area (TPSA) is 29.5 Å². The SMILES string of the molecule is OCc1ccc(OCc2c(F)ccc(Br)c2F)cc1. The molecule has 0 atom stereocenters. The quantitative estimate of drug-likeness (QED) is 0.865. The van der Waals surface area contributed by atoms with Crippen LogP contribution in [0.1, 0.15) is 11.1 Å². The summed E-state index contributed by atoms with van der Waals surface area (Å²) < 4.78 is 32.7. The van der Waals surface area contributed by atoms with Crippen LogP contribution in [-0.4, -0.2) is 5.11 Å². The zero-order valence-electron chi connectivity index (χ0n) is 9.87. The molecule has 0 unspecified atom stereocenters. The standard InChI is InChI=1S/C14H11BrF2O2/c15-12-5-6-13(16)11(14(12)17)8-19-10-3-1-9(7-18)2-4-10/h1-6,18H,7-8H2. The van der Waals surface area contributed by atoms with Gasteiger partial charge in [-0.2, -0.15) is 0 Å². The van der Waals surface area contributed by atoms with E-state index in [2.05, 4.69) is 15.9 Å². The van der Waals surface area contributed by atoms with Gasteiger partial charge in [-0.3, -0.25) is 0 Å². The highest BCUT2D eigenvalue weighted by Gasteiger charge is 2.12. The number of halogens is 3. The van der Waals surface area contributed by atoms with Crippen LogP contribution in [0.4, 0.5) is 8.78 Å². The van der Waals surface area contributed by atoms with Crippen molar-refractivity contribution in [1.29, 1.82) is 0 Å². The molecule has 2 nitrogen and oxygen atoms in total. The average Bonchev–Trinajstić information content (AvgIpc) is 2.44. The summed E-state index contributed by atoms with van der Waals surface area (Å²) in [5, 5.41) is 8.89. The minimum atomic E-state index is -0.660. The van der Waals surface area contributed by atoms with E-state index in [-0.39, 0.29) is 23.2 Å². The number of aliphatic hydroxyl groups is 1. The highest BCUT2D eigenvalue weighted by atomic mass is 79.9. The minimum absolute atomic E-state index is 0.0603. The maximum Gasteiger partial charge on any atom is 0.146 e. The summed E-state index contributed by atoms with van der Waals surface area (Å²) >= 11 is 3.00. The highest BCUT2D eigenvalue weighted by Crippen LogP contribution is 2.23. The summed E-state index contributed by atoms with van der Waals surface area (Å²) in [4.78, 5) is 0. The number of hydrogen-bond donors (Lipinski definition) is 1. The van der Waals surface area contributed by atoms with Crippen molar-refractivity contribution in [2.75, 3.05) is 0 Å². The molecule has 0 amide bonds. The molecule has 0 bridgehead atoms. The van der Waals surface area contributed by atoms with Crippen molar-refractivity contribution in [3.63, 3.8) is 0 Å². The van der Waals surface area contributed by atoms with Gasteiger partial charge in [0.1, 0.15) is 24.0 Å². The molecule has 0 spiro atoms. The van der Waals surface area contributed by atoms with Gasteiger partial charge in [0, 0.05) is 0 Å². The molecule has 2 rings (SSSR count). The van der Waals surface area contributed by atoms with Crippen molar-refractivity contribution in [3.8, 4) is 5.75 Å². The number of hydrogen-bond acceptors (Lipinski definition) is 2. The first-order valence-electron chi connectivity index (χ1n) is 5.57. The summed E-state index contributed by atoms with van der Waals surface area (Å²) in [5.41, 5.74) is 0.618. The lowest BCUT2D eigenvalue weighted by Gasteiger charge is -2.09. The summed E-state index contributed by atoms with van der Waals surface area (Å²) in [5.74, 6) is -0.823. The van der Waals surface area contributed by atoms with Crippen LogP contribution in [0.15, 0.2) is 40.9 Å². The van der Waals surface area contributed by atoms with E-state index >= 15 is 0 Å². The Morgan fingerprint density at radius 1 is 1.05 bits per heavy atom. The Balaban J connectivity index is 2.12. The Morgan fingerprint density at radius 2 is 1.74 bits per heavy atom. The molecule has 0 fully saturated rings. The van der Waals surface area contributed by atoms with Crippen LogP contribution >= 0.6 is 15.9 Å². The molecule has 0 radical (unpaired) electrons. The molecule has 0 aliphatic heterocycles. The molecule has 2 aromatic carbocycles. The Morgan fingerprint density at radius 3 is 2.37 bits per heavy atom. The first-order valence-corrected chi connectivity index (χ1v) is 6.36. The molecule has 19 heavy (non-hydrogen) atoms. The average molecular weight is 329 g/mol. The lowest BCUT2D eigenvalue weighted by Crippen LogP contribution is -2.02. The van der Waals surface area contributed by atoms with Gasteiger partial charge in [0.25, 0.3) is 0 Å². The second-order valence-electron chi connectivity index (χ2n) is 3.91. The van der Waals surface area contributed by atoms with Gasteiger partial charge in [-0.05, 0) is 45.8 Å². The zero-order valence-corrected chi connectivity index (χ0v) is 11.5. The van der Waals surface area contributed by atoms with E-state index in [0.717, 1.165) is 5.56 Å². The lowest BCUT2D eigenvalue weighted by molar-refractivity contribution is 0.280. The summed E-state index contributed by atoms with van der Waals surface area (Å²) in [6.45, 7) is -0.259. The van der Waals surface area contributed by atoms with E-state index in [1.165, 1.54) is 12.1 Å². The van der Waals surface area contributed by atoms with Gasteiger partial charge in [-0.15, -0.1) is 0 Å². The lowest BCUT2D eigenvalue weighted by atomic mass is 10.2. The first kappa shape index (κ1) is 14.0. The van der Waals surface area contributed by atoms with E-state index in [9.17, 15) is 8.78 Å². The molecule has 0 saturated heterocycles. The van der Waals surface area contributed by atoms with Gasteiger partial charge in [0.05, 0.1) is 16.6 Å². The Hall–Kier alpha value is -1.46. The molecule has 0 saturated carbocycles. The van der Waals surface area contributed by atoms with Gasteiger partial charge in [-0.1, -0.05) is 12.1 Å². The molecule has 1 N–H and O–H groups in total. The van der Waals surface area contributed by atoms with Crippen LogP contribution in [0.5, 0.6) is 5.75 Å². The van der Waals surface area contributed by atoms with E-state index in [1.54, 1.807) is 24.3 Å². The fourth-order valence-corrected chi connectivity index (χ4v) is 1.92. The molecular weight excluding hydrogens is 318 g/mol. The Labute approximate surface area is 117 Å². The van der Waals surface area contributed by atoms with E-state index in [0.29, 0.717) is 5.75 Å². The van der Waals surface area contributed by atoms with Gasteiger partial charge < -0.3 is 9.84 Å². The summed E-state index contributed by atoms with van der Waals surface area (Å²) in [7, 11) is 0. The minimum Gasteiger partial charge on any atom is -0.489 e. The van der Waals surface area contributed by atoms with Gasteiger partial charge >= 0.3 is 0 Å². The normalized spacial score (nSPS) is 10.5. The Kier molecular flexibility index (Phi) is 4.50. The van der Waals surface area contributed by atoms with Crippen molar-refractivity contribution >= 4 is 15.9 Å². The molecule has 0 aliphatic carbocycles. The second-order valence-corrected chi connectivity index (χ2v) is 4.77. The summed E-state index contributed by atoms with van der Waals surface area (Å²) in [6, 6.07) is 9.13. The van der Waals surface area contributed by atoms with Gasteiger partial charge in [-0.25, -0.2) is 8.78 Å². The van der Waals surface area contributed by atoms with E-state index < -0.39 is 11.6 Å². The largest absolute Gasteiger partial charge is 0.489 e. The third kappa shape index (κ3) is 3.30. The number of aliphatic hydroxyl groups excluding tert-OH is 1. The van der Waals surface area contributed by atoms with Crippen LogP contribution in [-0.2, 0) is 13.2 Å². The maximum atomic E-state index is 13.7. The van der Waals surface area contributed by atoms with Crippen molar-refractivity contribution in [2.24, 2.45) is 0 Å². The molecular formula is C14H11BrF2O2. The summed E-state index contributed by atoms with van der Waals surface area (Å²) in [6.07, 6.45) is 0. The van der Waals surface area contributed by atoms with Crippen molar-refractivity contribution in [1.82, 2.24) is 0 Å². The second kappa shape index (κ2) is 6.12. The van der Waals surface area contributed by atoms with Gasteiger partial charge in [0.15, 0.2) is 0 Å². The van der Waals surface area contributed by atoms with E-state index in [1.807, 2.05) is 0 Å². The van der Waals surface area contributed by atoms with E-state index in [4.69, 9.17) is 9.84 Å². The molecule has 5 heteroatoms. The van der Waals surface area contributed by atoms with Crippen molar-refractivity contribution < 1.29 is 18.6 Å². The molecule has 2 aromatic rings. The zero-order chi connectivity index (χ0) is 13.8. The molecule has 0 aliphatic rings. The maximum absolute atomic E-state index is 13.7.